The molecule has 0 saturated heterocycles. The molecule has 0 bridgehead atoms. The van der Waals surface area contributed by atoms with Crippen molar-refractivity contribution in [1.82, 2.24) is 14.5 Å². The number of amides is 1. The summed E-state index contributed by atoms with van der Waals surface area (Å²) < 4.78 is 2.18. The van der Waals surface area contributed by atoms with E-state index in [0.717, 1.165) is 43.9 Å². The van der Waals surface area contributed by atoms with E-state index in [4.69, 9.17) is 5.26 Å². The van der Waals surface area contributed by atoms with E-state index in [9.17, 15) is 4.79 Å². The van der Waals surface area contributed by atoms with E-state index in [1.165, 1.54) is 28.0 Å². The van der Waals surface area contributed by atoms with Gasteiger partial charge in [0.25, 0.3) is 0 Å². The van der Waals surface area contributed by atoms with Gasteiger partial charge in [0.05, 0.1) is 23.7 Å². The van der Waals surface area contributed by atoms with Gasteiger partial charge in [0, 0.05) is 38.1 Å². The molecule has 3 aromatic rings. The van der Waals surface area contributed by atoms with Crippen molar-refractivity contribution in [1.29, 1.82) is 5.26 Å². The Morgan fingerprint density at radius 3 is 2.68 bits per heavy atom. The molecule has 37 heavy (non-hydrogen) atoms. The van der Waals surface area contributed by atoms with E-state index in [2.05, 4.69) is 63.6 Å². The molecule has 1 aliphatic heterocycles. The molecule has 2 heterocycles. The molecule has 0 radical (unpaired) electrons. The average molecular weight is 494 g/mol. The number of nitriles is 1. The first kappa shape index (κ1) is 27.4. The van der Waals surface area contributed by atoms with Gasteiger partial charge in [0.2, 0.25) is 6.41 Å². The lowest BCUT2D eigenvalue weighted by Gasteiger charge is -2.28. The van der Waals surface area contributed by atoms with Gasteiger partial charge in [-0.3, -0.25) is 9.69 Å². The first-order valence-corrected chi connectivity index (χ1v) is 12.4. The van der Waals surface area contributed by atoms with Gasteiger partial charge in [-0.15, -0.1) is 0 Å². The summed E-state index contributed by atoms with van der Waals surface area (Å²) in [5.74, 6) is 0. The second-order valence-electron chi connectivity index (χ2n) is 9.20. The topological polar surface area (TPSA) is 74.0 Å². The minimum Gasteiger partial charge on any atom is -0.329 e. The summed E-state index contributed by atoms with van der Waals surface area (Å²) in [6.07, 6.45) is 11.0. The van der Waals surface area contributed by atoms with E-state index >= 15 is 0 Å². The van der Waals surface area contributed by atoms with E-state index in [0.29, 0.717) is 12.0 Å². The lowest BCUT2D eigenvalue weighted by atomic mass is 10.00. The lowest BCUT2D eigenvalue weighted by Crippen LogP contribution is -2.30. The molecular formula is C31H35N5O. The molecular weight excluding hydrogens is 458 g/mol. The number of imidazole rings is 1. The van der Waals surface area contributed by atoms with Crippen molar-refractivity contribution in [2.24, 2.45) is 0 Å². The van der Waals surface area contributed by atoms with Crippen LogP contribution in [0, 0.1) is 25.2 Å². The Morgan fingerprint density at radius 1 is 1.16 bits per heavy atom. The highest BCUT2D eigenvalue weighted by molar-refractivity contribution is 5.73. The number of nitrogens with one attached hydrogen (secondary N) is 1. The van der Waals surface area contributed by atoms with E-state index in [1.807, 2.05) is 50.6 Å². The van der Waals surface area contributed by atoms with E-state index in [1.54, 1.807) is 12.2 Å². The van der Waals surface area contributed by atoms with Crippen molar-refractivity contribution >= 4 is 12.1 Å². The van der Waals surface area contributed by atoms with Crippen LogP contribution in [-0.2, 0) is 30.8 Å². The molecule has 0 unspecified atom stereocenters. The van der Waals surface area contributed by atoms with Crippen LogP contribution >= 0.6 is 0 Å². The van der Waals surface area contributed by atoms with Gasteiger partial charge in [0.15, 0.2) is 0 Å². The normalized spacial score (nSPS) is 13.6. The van der Waals surface area contributed by atoms with E-state index in [-0.39, 0.29) is 0 Å². The van der Waals surface area contributed by atoms with Gasteiger partial charge in [-0.2, -0.15) is 5.26 Å². The zero-order valence-corrected chi connectivity index (χ0v) is 21.9. The molecule has 0 fully saturated rings. The molecule has 2 aromatic carbocycles. The fourth-order valence-corrected chi connectivity index (χ4v) is 4.22. The Balaban J connectivity index is 0.000000289. The molecule has 4 rings (SSSR count). The highest BCUT2D eigenvalue weighted by Gasteiger charge is 2.17. The van der Waals surface area contributed by atoms with Crippen molar-refractivity contribution in [2.75, 3.05) is 11.9 Å². The maximum Gasteiger partial charge on any atom is 0.211 e. The molecule has 0 atom stereocenters. The number of fused-ring (bicyclic) bond motifs is 1. The first-order valence-electron chi connectivity index (χ1n) is 12.4. The molecule has 6 nitrogen and oxygen atoms in total. The van der Waals surface area contributed by atoms with Crippen LogP contribution < -0.4 is 5.32 Å². The van der Waals surface area contributed by atoms with Crippen molar-refractivity contribution in [3.63, 3.8) is 0 Å². The summed E-state index contributed by atoms with van der Waals surface area (Å²) >= 11 is 0. The van der Waals surface area contributed by atoms with E-state index < -0.39 is 0 Å². The number of nitrogens with zero attached hydrogens (tertiary/aromatic N) is 4. The van der Waals surface area contributed by atoms with Gasteiger partial charge in [-0.05, 0) is 61.6 Å². The van der Waals surface area contributed by atoms with Crippen LogP contribution in [0.25, 0.3) is 0 Å². The number of hydrogen-bond donors (Lipinski definition) is 1. The molecule has 6 heteroatoms. The number of anilines is 1. The summed E-state index contributed by atoms with van der Waals surface area (Å²) in [7, 11) is 0. The number of aryl methyl sites for hydroxylation is 1. The van der Waals surface area contributed by atoms with Crippen molar-refractivity contribution < 1.29 is 4.79 Å². The Kier molecular flexibility index (Phi) is 10.2. The van der Waals surface area contributed by atoms with Crippen LogP contribution in [-0.4, -0.2) is 27.4 Å². The van der Waals surface area contributed by atoms with Crippen molar-refractivity contribution in [2.45, 2.75) is 46.8 Å². The van der Waals surface area contributed by atoms with Crippen molar-refractivity contribution in [3.8, 4) is 6.07 Å². The summed E-state index contributed by atoms with van der Waals surface area (Å²) in [5, 5.41) is 11.6. The predicted molar refractivity (Wildman–Crippen MR) is 150 cm³/mol. The Hall–Kier alpha value is -4.21. The van der Waals surface area contributed by atoms with Crippen LogP contribution in [0.15, 0.2) is 90.9 Å². The third kappa shape index (κ3) is 7.89. The van der Waals surface area contributed by atoms with Gasteiger partial charge in [-0.25, -0.2) is 4.98 Å². The molecule has 0 aliphatic carbocycles. The number of allylic oxidation sites excluding steroid dienone is 5. The zero-order chi connectivity index (χ0) is 26.6. The van der Waals surface area contributed by atoms with Gasteiger partial charge in [-0.1, -0.05) is 60.7 Å². The third-order valence-corrected chi connectivity index (χ3v) is 6.53. The summed E-state index contributed by atoms with van der Waals surface area (Å²) in [6.45, 7) is 13.4. The van der Waals surface area contributed by atoms with Gasteiger partial charge < -0.3 is 9.88 Å². The largest absolute Gasteiger partial charge is 0.329 e. The third-order valence-electron chi connectivity index (χ3n) is 6.53. The molecule has 1 aromatic heterocycles. The summed E-state index contributed by atoms with van der Waals surface area (Å²) in [6, 6.07) is 16.6. The van der Waals surface area contributed by atoms with Crippen molar-refractivity contribution in [3.05, 3.63) is 119 Å². The number of hydrogen-bond acceptors (Lipinski definition) is 4. The number of carbonyl (C=O) groups is 1. The monoisotopic (exact) mass is 493 g/mol. The number of aromatic nitrogens is 2. The van der Waals surface area contributed by atoms with Crippen LogP contribution in [0.2, 0.25) is 0 Å². The fourth-order valence-electron chi connectivity index (χ4n) is 4.22. The molecule has 1 N–H and O–H groups in total. The smallest absolute Gasteiger partial charge is 0.211 e. The van der Waals surface area contributed by atoms with Crippen LogP contribution in [0.5, 0.6) is 0 Å². The quantitative estimate of drug-likeness (QED) is 0.241. The maximum absolute atomic E-state index is 10.1. The van der Waals surface area contributed by atoms with Gasteiger partial charge in [0.1, 0.15) is 0 Å². The SMILES string of the molecule is C=C/C(C#N)=C\C=C(/C)Cn1cncc1CN1CCc2ccccc2C1.Cc1cccc(NC=O)c1C. The zero-order valence-electron chi connectivity index (χ0n) is 21.9. The minimum atomic E-state index is 0.571. The minimum absolute atomic E-state index is 0.571. The molecule has 0 saturated carbocycles. The Morgan fingerprint density at radius 2 is 1.95 bits per heavy atom. The van der Waals surface area contributed by atoms with Crippen LogP contribution in [0.4, 0.5) is 5.69 Å². The number of rotatable bonds is 8. The molecule has 1 aliphatic rings. The standard InChI is InChI=1S/C22H24N4.C9H11NO/c1-3-19(12-23)9-8-18(2)14-26-17-24-13-22(26)16-25-11-10-20-6-4-5-7-21(20)15-25;1-7-4-3-5-9(8(7)2)10-6-11/h3-9,13,17H,1,10-11,14-16H2,2H3;3-6H,1-2H3,(H,10,11)/b18-8+,19-9+;. The highest BCUT2D eigenvalue weighted by atomic mass is 16.1. The molecule has 1 amide bonds. The number of carbonyl (C=O) groups excluding carboxylic acids is 1. The lowest BCUT2D eigenvalue weighted by molar-refractivity contribution is -0.105. The molecule has 0 spiro atoms. The first-order chi connectivity index (χ1) is 17.9. The fraction of sp³-hybridized carbons (Fsp3) is 0.258. The number of benzene rings is 2. The van der Waals surface area contributed by atoms with Gasteiger partial charge >= 0.3 is 0 Å². The Bertz CT molecular complexity index is 1330. The molecule has 190 valence electrons. The second kappa shape index (κ2) is 13.8. The summed E-state index contributed by atoms with van der Waals surface area (Å²) in [5.41, 5.74) is 9.06. The highest BCUT2D eigenvalue weighted by Crippen LogP contribution is 2.20. The summed E-state index contributed by atoms with van der Waals surface area (Å²) in [4.78, 5) is 16.9. The van der Waals surface area contributed by atoms with Crippen LogP contribution in [0.3, 0.4) is 0 Å². The predicted octanol–water partition coefficient (Wildman–Crippen LogP) is 5.90. The Labute approximate surface area is 220 Å². The average Bonchev–Trinajstić information content (AvgIpc) is 3.34. The maximum atomic E-state index is 10.1. The van der Waals surface area contributed by atoms with Crippen LogP contribution in [0.1, 0.15) is 34.9 Å². The second-order valence-corrected chi connectivity index (χ2v) is 9.20.